The van der Waals surface area contributed by atoms with Crippen LogP contribution in [0.25, 0.3) is 0 Å². The third kappa shape index (κ3) is 3.18. The molecule has 106 valence electrons. The molecule has 2 heterocycles. The molecule has 0 radical (unpaired) electrons. The maximum atomic E-state index is 9.25. The highest BCUT2D eigenvalue weighted by Crippen LogP contribution is 2.48. The number of carboxylic acids is 1. The maximum absolute atomic E-state index is 9.25. The summed E-state index contributed by atoms with van der Waals surface area (Å²) in [5.41, 5.74) is 0. The van der Waals surface area contributed by atoms with Crippen molar-refractivity contribution in [2.45, 2.75) is 62.9 Å². The van der Waals surface area contributed by atoms with Crippen molar-refractivity contribution in [3.8, 4) is 0 Å². The summed E-state index contributed by atoms with van der Waals surface area (Å²) in [7, 11) is 0. The van der Waals surface area contributed by atoms with Gasteiger partial charge in [0.25, 0.3) is 0 Å². The van der Waals surface area contributed by atoms with Crippen LogP contribution in [0.1, 0.15) is 38.5 Å². The van der Waals surface area contributed by atoms with E-state index in [-0.39, 0.29) is 0 Å². The molecule has 4 aliphatic rings. The molecule has 6 atom stereocenters. The van der Waals surface area contributed by atoms with E-state index < -0.39 is 5.97 Å². The first-order valence-corrected chi connectivity index (χ1v) is 7.33. The van der Waals surface area contributed by atoms with Gasteiger partial charge in [0.1, 0.15) is 0 Å². The number of epoxide rings is 2. The largest absolute Gasteiger partial charge is 0.478 e. The van der Waals surface area contributed by atoms with Crippen LogP contribution in [0, 0.1) is 11.8 Å². The average Bonchev–Trinajstić information content (AvgIpc) is 3.31. The fraction of sp³-hybridized carbons (Fsp3) is 0.800. The van der Waals surface area contributed by atoms with Crippen LogP contribution in [0.5, 0.6) is 0 Å². The lowest BCUT2D eigenvalue weighted by Gasteiger charge is -2.30. The fourth-order valence-corrected chi connectivity index (χ4v) is 3.73. The molecule has 0 bridgehead atoms. The van der Waals surface area contributed by atoms with E-state index in [1.54, 1.807) is 0 Å². The Morgan fingerprint density at radius 3 is 1.68 bits per heavy atom. The molecule has 4 rings (SSSR count). The molecule has 0 aromatic rings. The van der Waals surface area contributed by atoms with E-state index in [4.69, 9.17) is 14.6 Å². The second-order valence-corrected chi connectivity index (χ2v) is 6.11. The highest BCUT2D eigenvalue weighted by Gasteiger charge is 2.50. The van der Waals surface area contributed by atoms with Crippen molar-refractivity contribution in [2.24, 2.45) is 11.8 Å². The minimum absolute atomic E-state index is 0.659. The molecule has 0 aromatic carbocycles. The zero-order valence-corrected chi connectivity index (χ0v) is 11.2. The molecule has 4 nitrogen and oxygen atoms in total. The first kappa shape index (κ1) is 13.1. The normalized spacial score (nSPS) is 45.9. The smallest absolute Gasteiger partial charge is 0.327 e. The average molecular weight is 266 g/mol. The lowest BCUT2D eigenvalue weighted by molar-refractivity contribution is -0.131. The number of carbonyl (C=O) groups is 1. The van der Waals surface area contributed by atoms with Gasteiger partial charge in [0, 0.05) is 6.08 Å². The minimum atomic E-state index is -0.981. The molecule has 0 amide bonds. The molecule has 19 heavy (non-hydrogen) atoms. The summed E-state index contributed by atoms with van der Waals surface area (Å²) in [5, 5.41) is 7.60. The van der Waals surface area contributed by atoms with E-state index in [9.17, 15) is 4.79 Å². The molecule has 0 aromatic heterocycles. The first-order valence-electron chi connectivity index (χ1n) is 7.33. The van der Waals surface area contributed by atoms with E-state index in [1.165, 1.54) is 38.5 Å². The predicted molar refractivity (Wildman–Crippen MR) is 69.8 cm³/mol. The first-order chi connectivity index (χ1) is 9.17. The van der Waals surface area contributed by atoms with Gasteiger partial charge in [-0.1, -0.05) is 6.58 Å². The van der Waals surface area contributed by atoms with E-state index >= 15 is 0 Å². The Bertz CT molecular complexity index is 341. The topological polar surface area (TPSA) is 62.4 Å². The monoisotopic (exact) mass is 266 g/mol. The summed E-state index contributed by atoms with van der Waals surface area (Å²) in [6.07, 6.45) is 11.7. The second-order valence-electron chi connectivity index (χ2n) is 6.11. The van der Waals surface area contributed by atoms with Crippen LogP contribution in [0.4, 0.5) is 0 Å². The number of hydrogen-bond donors (Lipinski definition) is 1. The summed E-state index contributed by atoms with van der Waals surface area (Å²) in [6.45, 7) is 2.96. The van der Waals surface area contributed by atoms with Crippen molar-refractivity contribution in [1.82, 2.24) is 0 Å². The summed E-state index contributed by atoms with van der Waals surface area (Å²) >= 11 is 0. The predicted octanol–water partition coefficient (Wildman–Crippen LogP) is 2.38. The quantitative estimate of drug-likeness (QED) is 0.615. The number of rotatable bonds is 2. The third-order valence-corrected chi connectivity index (χ3v) is 4.93. The van der Waals surface area contributed by atoms with Crippen LogP contribution < -0.4 is 0 Å². The molecule has 2 saturated heterocycles. The molecule has 4 heteroatoms. The summed E-state index contributed by atoms with van der Waals surface area (Å²) in [4.78, 5) is 9.25. The lowest BCUT2D eigenvalue weighted by atomic mass is 9.73. The second kappa shape index (κ2) is 5.25. The van der Waals surface area contributed by atoms with Gasteiger partial charge in [0.15, 0.2) is 0 Å². The number of fused-ring (bicyclic) bond motifs is 2. The van der Waals surface area contributed by atoms with Gasteiger partial charge in [-0.3, -0.25) is 0 Å². The van der Waals surface area contributed by atoms with Crippen LogP contribution in [0.15, 0.2) is 12.7 Å². The Labute approximate surface area is 113 Å². The van der Waals surface area contributed by atoms with Crippen LogP contribution in [0.3, 0.4) is 0 Å². The van der Waals surface area contributed by atoms with Crippen molar-refractivity contribution in [3.05, 3.63) is 12.7 Å². The van der Waals surface area contributed by atoms with E-state index in [1.807, 2.05) is 0 Å². The van der Waals surface area contributed by atoms with Crippen molar-refractivity contribution >= 4 is 5.97 Å². The van der Waals surface area contributed by atoms with E-state index in [0.29, 0.717) is 24.4 Å². The highest BCUT2D eigenvalue weighted by molar-refractivity contribution is 5.78. The number of ether oxygens (including phenoxy) is 2. The van der Waals surface area contributed by atoms with Gasteiger partial charge >= 0.3 is 5.97 Å². The minimum Gasteiger partial charge on any atom is -0.478 e. The van der Waals surface area contributed by atoms with Gasteiger partial charge in [-0.15, -0.1) is 0 Å². The van der Waals surface area contributed by atoms with Crippen molar-refractivity contribution in [1.29, 1.82) is 0 Å². The Morgan fingerprint density at radius 2 is 1.37 bits per heavy atom. The highest BCUT2D eigenvalue weighted by atomic mass is 16.6. The molecule has 2 saturated carbocycles. The lowest BCUT2D eigenvalue weighted by Crippen LogP contribution is -2.26. The Morgan fingerprint density at radius 1 is 0.947 bits per heavy atom. The van der Waals surface area contributed by atoms with Crippen LogP contribution >= 0.6 is 0 Å². The summed E-state index contributed by atoms with van der Waals surface area (Å²) < 4.78 is 11.2. The Hall–Kier alpha value is -0.870. The molecule has 2 aliphatic carbocycles. The van der Waals surface area contributed by atoms with Gasteiger partial charge in [-0.25, -0.2) is 4.79 Å². The van der Waals surface area contributed by atoms with Crippen molar-refractivity contribution < 1.29 is 19.4 Å². The molecule has 2 aliphatic heterocycles. The molecule has 1 N–H and O–H groups in total. The number of hydrogen-bond acceptors (Lipinski definition) is 3. The zero-order valence-electron chi connectivity index (χ0n) is 11.2. The fourth-order valence-electron chi connectivity index (χ4n) is 3.73. The standard InChI is InChI=1S/C12H18O2.C3H4O2/c1-3-9-11(13-9)5-7(1)8-2-4-10-12(6-8)14-10;1-2-3(4)5/h7-12H,1-6H2;2H,1H2,(H,4,5). The van der Waals surface area contributed by atoms with E-state index in [0.717, 1.165) is 17.9 Å². The van der Waals surface area contributed by atoms with Crippen molar-refractivity contribution in [2.75, 3.05) is 0 Å². The van der Waals surface area contributed by atoms with Gasteiger partial charge in [-0.05, 0) is 50.4 Å². The van der Waals surface area contributed by atoms with E-state index in [2.05, 4.69) is 6.58 Å². The number of aliphatic carboxylic acids is 1. The summed E-state index contributed by atoms with van der Waals surface area (Å²) in [5.74, 6) is 0.942. The maximum Gasteiger partial charge on any atom is 0.327 e. The SMILES string of the molecule is C1CC2OC2CC1C1CCC2OC2C1.C=CC(=O)O. The van der Waals surface area contributed by atoms with Crippen molar-refractivity contribution in [3.63, 3.8) is 0 Å². The molecule has 6 unspecified atom stereocenters. The van der Waals surface area contributed by atoms with Gasteiger partial charge in [-0.2, -0.15) is 0 Å². The molecular weight excluding hydrogens is 244 g/mol. The zero-order chi connectivity index (χ0) is 13.4. The Balaban J connectivity index is 0.000000193. The van der Waals surface area contributed by atoms with Gasteiger partial charge < -0.3 is 14.6 Å². The molecular formula is C15H22O4. The molecule has 4 fully saturated rings. The van der Waals surface area contributed by atoms with Crippen LogP contribution in [-0.2, 0) is 14.3 Å². The molecule has 0 spiro atoms. The van der Waals surface area contributed by atoms with Crippen LogP contribution in [-0.4, -0.2) is 35.5 Å². The Kier molecular flexibility index (Phi) is 3.63. The number of carboxylic acid groups (broad SMARTS) is 1. The van der Waals surface area contributed by atoms with Crippen LogP contribution in [0.2, 0.25) is 0 Å². The van der Waals surface area contributed by atoms with Gasteiger partial charge in [0.2, 0.25) is 0 Å². The summed E-state index contributed by atoms with van der Waals surface area (Å²) in [6, 6.07) is 0. The third-order valence-electron chi connectivity index (χ3n) is 4.93. The van der Waals surface area contributed by atoms with Gasteiger partial charge in [0.05, 0.1) is 24.4 Å².